The van der Waals surface area contributed by atoms with Crippen molar-refractivity contribution in [3.05, 3.63) is 56.8 Å². The van der Waals surface area contributed by atoms with Crippen molar-refractivity contribution in [2.24, 2.45) is 0 Å². The van der Waals surface area contributed by atoms with E-state index in [-0.39, 0.29) is 22.7 Å². The summed E-state index contributed by atoms with van der Waals surface area (Å²) in [6, 6.07) is 5.70. The molecule has 0 atom stereocenters. The van der Waals surface area contributed by atoms with Crippen LogP contribution in [0.1, 0.15) is 12.5 Å². The van der Waals surface area contributed by atoms with Crippen LogP contribution in [0.25, 0.3) is 6.08 Å². The molecule has 0 spiro atoms. The molecule has 132 valence electrons. The first-order chi connectivity index (χ1) is 11.9. The van der Waals surface area contributed by atoms with Crippen molar-refractivity contribution < 1.29 is 24.0 Å². The third kappa shape index (κ3) is 3.74. The van der Waals surface area contributed by atoms with Crippen molar-refractivity contribution in [3.63, 3.8) is 0 Å². The van der Waals surface area contributed by atoms with E-state index in [0.717, 1.165) is 0 Å². The Hall–Kier alpha value is -3.00. The minimum absolute atomic E-state index is 0.0541. The van der Waals surface area contributed by atoms with Crippen molar-refractivity contribution in [2.75, 3.05) is 27.4 Å². The lowest BCUT2D eigenvalue weighted by molar-refractivity contribution is -0.384. The molecular formula is C17H18N2O6. The number of nitrogens with zero attached hydrogens (tertiary/aromatic N) is 2. The number of non-ortho nitro benzene ring substituents is 1. The Morgan fingerprint density at radius 2 is 1.92 bits per heavy atom. The van der Waals surface area contributed by atoms with Crippen LogP contribution in [0, 0.1) is 10.1 Å². The normalized spacial score (nSPS) is 15.9. The summed E-state index contributed by atoms with van der Waals surface area (Å²) in [6.45, 7) is 2.29. The van der Waals surface area contributed by atoms with E-state index in [1.54, 1.807) is 6.92 Å². The molecule has 0 unspecified atom stereocenters. The molecule has 0 saturated heterocycles. The summed E-state index contributed by atoms with van der Waals surface area (Å²) in [5.41, 5.74) is 1.37. The monoisotopic (exact) mass is 346 g/mol. The largest absolute Gasteiger partial charge is 0.465 e. The molecule has 1 amide bonds. The molecule has 1 heterocycles. The van der Waals surface area contributed by atoms with Gasteiger partial charge in [-0.05, 0) is 30.7 Å². The number of hydrogen-bond acceptors (Lipinski definition) is 6. The minimum Gasteiger partial charge on any atom is -0.465 e. The molecule has 1 aromatic rings. The van der Waals surface area contributed by atoms with Gasteiger partial charge >= 0.3 is 5.97 Å². The van der Waals surface area contributed by atoms with Gasteiger partial charge in [-0.2, -0.15) is 0 Å². The van der Waals surface area contributed by atoms with Gasteiger partial charge in [-0.1, -0.05) is 0 Å². The summed E-state index contributed by atoms with van der Waals surface area (Å²) in [5, 5.41) is 10.7. The molecule has 2 rings (SSSR count). The maximum Gasteiger partial charge on any atom is 0.340 e. The van der Waals surface area contributed by atoms with Crippen LogP contribution in [0.15, 0.2) is 41.1 Å². The Bertz CT molecular complexity index is 764. The van der Waals surface area contributed by atoms with E-state index in [2.05, 4.69) is 0 Å². The van der Waals surface area contributed by atoms with Crippen molar-refractivity contribution in [1.82, 2.24) is 4.90 Å². The first-order valence-corrected chi connectivity index (χ1v) is 7.47. The molecular weight excluding hydrogens is 328 g/mol. The lowest BCUT2D eigenvalue weighted by atomic mass is 10.0. The van der Waals surface area contributed by atoms with Crippen molar-refractivity contribution in [2.45, 2.75) is 6.92 Å². The van der Waals surface area contributed by atoms with Crippen LogP contribution in [0.2, 0.25) is 0 Å². The highest BCUT2D eigenvalue weighted by molar-refractivity contribution is 6.16. The fraction of sp³-hybridized carbons (Fsp3) is 0.294. The molecule has 0 aromatic heterocycles. The number of esters is 1. The average Bonchev–Trinajstić information content (AvgIpc) is 2.83. The van der Waals surface area contributed by atoms with E-state index < -0.39 is 10.9 Å². The summed E-state index contributed by atoms with van der Waals surface area (Å²) < 4.78 is 9.78. The molecule has 0 bridgehead atoms. The van der Waals surface area contributed by atoms with Crippen LogP contribution in [-0.2, 0) is 19.1 Å². The number of rotatable bonds is 6. The fourth-order valence-corrected chi connectivity index (χ4v) is 2.54. The van der Waals surface area contributed by atoms with Crippen LogP contribution in [0.3, 0.4) is 0 Å². The second-order valence-electron chi connectivity index (χ2n) is 5.31. The van der Waals surface area contributed by atoms with Gasteiger partial charge in [0.2, 0.25) is 0 Å². The van der Waals surface area contributed by atoms with Gasteiger partial charge in [0.15, 0.2) is 0 Å². The van der Waals surface area contributed by atoms with Gasteiger partial charge in [-0.25, -0.2) is 4.79 Å². The number of nitro groups is 1. The van der Waals surface area contributed by atoms with E-state index in [1.165, 1.54) is 49.5 Å². The highest BCUT2D eigenvalue weighted by Gasteiger charge is 2.36. The molecule has 8 heteroatoms. The van der Waals surface area contributed by atoms with E-state index in [0.29, 0.717) is 24.4 Å². The Kier molecular flexibility index (Phi) is 5.66. The summed E-state index contributed by atoms with van der Waals surface area (Å²) in [4.78, 5) is 36.5. The first-order valence-electron chi connectivity index (χ1n) is 7.47. The highest BCUT2D eigenvalue weighted by Crippen LogP contribution is 2.31. The average molecular weight is 346 g/mol. The summed E-state index contributed by atoms with van der Waals surface area (Å²) >= 11 is 0. The smallest absolute Gasteiger partial charge is 0.340 e. The Morgan fingerprint density at radius 3 is 2.44 bits per heavy atom. The third-order valence-electron chi connectivity index (χ3n) is 3.84. The zero-order valence-corrected chi connectivity index (χ0v) is 14.1. The number of allylic oxidation sites excluding steroid dienone is 1. The maximum atomic E-state index is 12.7. The molecule has 1 aromatic carbocycles. The number of ether oxygens (including phenoxy) is 2. The van der Waals surface area contributed by atoms with Gasteiger partial charge in [-0.15, -0.1) is 0 Å². The number of hydrogen-bond donors (Lipinski definition) is 0. The molecule has 0 fully saturated rings. The number of benzene rings is 1. The van der Waals surface area contributed by atoms with Crippen molar-refractivity contribution in [1.29, 1.82) is 0 Å². The lowest BCUT2D eigenvalue weighted by Gasteiger charge is -2.16. The van der Waals surface area contributed by atoms with Gasteiger partial charge < -0.3 is 14.4 Å². The number of methoxy groups -OCH3 is 2. The van der Waals surface area contributed by atoms with Crippen molar-refractivity contribution >= 4 is 23.6 Å². The molecule has 0 radical (unpaired) electrons. The molecule has 0 saturated carbocycles. The quantitative estimate of drug-likeness (QED) is 0.338. The molecule has 1 aliphatic heterocycles. The number of amides is 1. The minimum atomic E-state index is -0.612. The van der Waals surface area contributed by atoms with Crippen LogP contribution < -0.4 is 0 Å². The topological polar surface area (TPSA) is 99.0 Å². The van der Waals surface area contributed by atoms with E-state index in [4.69, 9.17) is 9.47 Å². The van der Waals surface area contributed by atoms with Gasteiger partial charge in [0.05, 0.1) is 29.8 Å². The van der Waals surface area contributed by atoms with Crippen LogP contribution >= 0.6 is 0 Å². The second kappa shape index (κ2) is 7.71. The van der Waals surface area contributed by atoms with Crippen molar-refractivity contribution in [3.8, 4) is 0 Å². The highest BCUT2D eigenvalue weighted by atomic mass is 16.6. The SMILES string of the molecule is COCCN1C(=O)C(=Cc2ccc([N+](=O)[O-])cc2)C(C(=O)OC)=C1C. The molecule has 0 N–H and O–H groups in total. The molecule has 8 nitrogen and oxygen atoms in total. The standard InChI is InChI=1S/C17H18N2O6/c1-11-15(17(21)25-3)14(16(20)18(11)8-9-24-2)10-12-4-6-13(7-5-12)19(22)23/h4-7,10H,8-9H2,1-3H3. The van der Waals surface area contributed by atoms with E-state index in [1.807, 2.05) is 0 Å². The lowest BCUT2D eigenvalue weighted by Crippen LogP contribution is -2.28. The zero-order valence-electron chi connectivity index (χ0n) is 14.1. The van der Waals surface area contributed by atoms with Crippen LogP contribution in [0.5, 0.6) is 0 Å². The summed E-state index contributed by atoms with van der Waals surface area (Å²) in [6.07, 6.45) is 1.52. The summed E-state index contributed by atoms with van der Waals surface area (Å²) in [7, 11) is 2.77. The van der Waals surface area contributed by atoms with Gasteiger partial charge in [0.1, 0.15) is 0 Å². The zero-order chi connectivity index (χ0) is 18.6. The maximum absolute atomic E-state index is 12.7. The second-order valence-corrected chi connectivity index (χ2v) is 5.31. The van der Waals surface area contributed by atoms with E-state index in [9.17, 15) is 19.7 Å². The Morgan fingerprint density at radius 1 is 1.28 bits per heavy atom. The Labute approximate surface area is 144 Å². The number of carbonyl (C=O) groups is 2. The van der Waals surface area contributed by atoms with Gasteiger partial charge in [0, 0.05) is 31.5 Å². The van der Waals surface area contributed by atoms with Crippen LogP contribution in [0.4, 0.5) is 5.69 Å². The predicted octanol–water partition coefficient (Wildman–Crippen LogP) is 1.91. The molecule has 25 heavy (non-hydrogen) atoms. The third-order valence-corrected chi connectivity index (χ3v) is 3.84. The number of carbonyl (C=O) groups excluding carboxylic acids is 2. The Balaban J connectivity index is 2.44. The molecule has 0 aliphatic carbocycles. The van der Waals surface area contributed by atoms with E-state index >= 15 is 0 Å². The fourth-order valence-electron chi connectivity index (χ4n) is 2.54. The first kappa shape index (κ1) is 18.3. The van der Waals surface area contributed by atoms with Crippen LogP contribution in [-0.4, -0.2) is 49.1 Å². The predicted molar refractivity (Wildman–Crippen MR) is 89.4 cm³/mol. The summed E-state index contributed by atoms with van der Waals surface area (Å²) in [5.74, 6) is -0.952. The van der Waals surface area contributed by atoms with Gasteiger partial charge in [-0.3, -0.25) is 14.9 Å². The van der Waals surface area contributed by atoms with Gasteiger partial charge in [0.25, 0.3) is 11.6 Å². The number of nitro benzene ring substituents is 1. The molecule has 1 aliphatic rings.